The first kappa shape index (κ1) is 21.6. The average Bonchev–Trinajstić information content (AvgIpc) is 2.76. The van der Waals surface area contributed by atoms with Gasteiger partial charge in [0.1, 0.15) is 5.75 Å². The van der Waals surface area contributed by atoms with Crippen LogP contribution in [0.4, 0.5) is 5.69 Å². The highest BCUT2D eigenvalue weighted by atomic mass is 35.5. The van der Waals surface area contributed by atoms with Gasteiger partial charge in [-0.15, -0.1) is 0 Å². The first-order valence-corrected chi connectivity index (χ1v) is 11.7. The molecule has 1 N–H and O–H groups in total. The number of halogens is 1. The van der Waals surface area contributed by atoms with Crippen LogP contribution in [0.15, 0.2) is 47.4 Å². The molecule has 2 aromatic rings. The number of hydrogen-bond acceptors (Lipinski definition) is 5. The van der Waals surface area contributed by atoms with E-state index in [1.165, 1.54) is 16.4 Å². The number of amides is 2. The van der Waals surface area contributed by atoms with Crippen molar-refractivity contribution in [2.75, 3.05) is 31.5 Å². The number of nitrogens with zero attached hydrogens (tertiary/aromatic N) is 2. The molecule has 8 nitrogen and oxygen atoms in total. The summed E-state index contributed by atoms with van der Waals surface area (Å²) in [6.07, 6.45) is -0.388. The number of anilines is 1. The van der Waals surface area contributed by atoms with E-state index in [1.807, 2.05) is 0 Å². The zero-order valence-corrected chi connectivity index (χ0v) is 18.4. The molecule has 0 aliphatic carbocycles. The summed E-state index contributed by atoms with van der Waals surface area (Å²) in [4.78, 5) is 26.1. The molecule has 31 heavy (non-hydrogen) atoms. The van der Waals surface area contributed by atoms with Crippen molar-refractivity contribution >= 4 is 39.1 Å². The van der Waals surface area contributed by atoms with Crippen LogP contribution in [0.3, 0.4) is 0 Å². The van der Waals surface area contributed by atoms with Crippen LogP contribution in [0.25, 0.3) is 0 Å². The molecule has 1 saturated heterocycles. The largest absolute Gasteiger partial charge is 0.479 e. The predicted octanol–water partition coefficient (Wildman–Crippen LogP) is 2.13. The fourth-order valence-corrected chi connectivity index (χ4v) is 5.14. The minimum absolute atomic E-state index is 0.0536. The molecule has 0 unspecified atom stereocenters. The predicted molar refractivity (Wildman–Crippen MR) is 116 cm³/mol. The van der Waals surface area contributed by atoms with Crippen LogP contribution >= 0.6 is 11.6 Å². The van der Waals surface area contributed by atoms with Gasteiger partial charge in [-0.1, -0.05) is 23.7 Å². The van der Waals surface area contributed by atoms with Crippen molar-refractivity contribution < 1.29 is 22.7 Å². The van der Waals surface area contributed by atoms with Gasteiger partial charge in [-0.05, 0) is 42.8 Å². The second kappa shape index (κ2) is 8.49. The summed E-state index contributed by atoms with van der Waals surface area (Å²) in [7, 11) is -3.77. The Balaban J connectivity index is 1.41. The van der Waals surface area contributed by atoms with Gasteiger partial charge in [-0.25, -0.2) is 8.42 Å². The Morgan fingerprint density at radius 3 is 2.48 bits per heavy atom. The lowest BCUT2D eigenvalue weighted by Gasteiger charge is -2.34. The Morgan fingerprint density at radius 2 is 1.81 bits per heavy atom. The topological polar surface area (TPSA) is 96.0 Å². The summed E-state index contributed by atoms with van der Waals surface area (Å²) in [6.45, 7) is 2.65. The van der Waals surface area contributed by atoms with Crippen LogP contribution in [-0.4, -0.2) is 61.7 Å². The maximum atomic E-state index is 13.1. The zero-order valence-electron chi connectivity index (χ0n) is 16.9. The molecule has 1 fully saturated rings. The summed E-state index contributed by atoms with van der Waals surface area (Å²) >= 11 is 5.87. The molecule has 2 amide bonds. The molecular formula is C21H22ClN3O5S. The second-order valence-electron chi connectivity index (χ2n) is 7.50. The fraction of sp³-hybridized carbons (Fsp3) is 0.333. The van der Waals surface area contributed by atoms with Crippen molar-refractivity contribution in [1.29, 1.82) is 0 Å². The van der Waals surface area contributed by atoms with Crippen molar-refractivity contribution in [3.8, 4) is 5.75 Å². The molecule has 0 aromatic heterocycles. The van der Waals surface area contributed by atoms with Crippen molar-refractivity contribution in [2.24, 2.45) is 0 Å². The van der Waals surface area contributed by atoms with Gasteiger partial charge >= 0.3 is 0 Å². The number of sulfonamides is 1. The maximum Gasteiger partial charge on any atom is 0.265 e. The van der Waals surface area contributed by atoms with Crippen LogP contribution < -0.4 is 10.1 Å². The molecule has 4 rings (SSSR count). The van der Waals surface area contributed by atoms with Crippen LogP contribution in [-0.2, 0) is 26.0 Å². The number of piperazine rings is 1. The summed E-state index contributed by atoms with van der Waals surface area (Å²) in [5.74, 6) is 0.0562. The lowest BCUT2D eigenvalue weighted by molar-refractivity contribution is -0.131. The highest BCUT2D eigenvalue weighted by molar-refractivity contribution is 7.89. The fourth-order valence-electron chi connectivity index (χ4n) is 3.56. The molecule has 0 radical (unpaired) electrons. The van der Waals surface area contributed by atoms with Crippen LogP contribution in [0, 0.1) is 0 Å². The standard InChI is InChI=1S/C21H22ClN3O5S/c1-14-21(27)23-18-13-17(6-7-19(18)30-14)31(28,29)25-10-8-24(9-11-25)20(26)12-15-2-4-16(22)5-3-15/h2-7,13-14H,8-12H2,1H3,(H,23,27)/t14-/m0/s1. The number of carbonyl (C=O) groups is 2. The van der Waals surface area contributed by atoms with Gasteiger partial charge < -0.3 is 15.0 Å². The number of fused-ring (bicyclic) bond motifs is 1. The van der Waals surface area contributed by atoms with E-state index in [0.717, 1.165) is 5.56 Å². The lowest BCUT2D eigenvalue weighted by atomic mass is 10.1. The molecule has 2 aliphatic rings. The van der Waals surface area contributed by atoms with E-state index in [-0.39, 0.29) is 36.2 Å². The Hall–Kier alpha value is -2.62. The summed E-state index contributed by atoms with van der Waals surface area (Å²) in [5, 5.41) is 3.27. The summed E-state index contributed by atoms with van der Waals surface area (Å²) < 4.78 is 33.0. The van der Waals surface area contributed by atoms with Crippen molar-refractivity contribution in [1.82, 2.24) is 9.21 Å². The molecule has 164 valence electrons. The van der Waals surface area contributed by atoms with Crippen molar-refractivity contribution in [3.63, 3.8) is 0 Å². The quantitative estimate of drug-likeness (QED) is 0.749. The average molecular weight is 464 g/mol. The second-order valence-corrected chi connectivity index (χ2v) is 9.87. The molecule has 2 aromatic carbocycles. The Labute approximate surface area is 185 Å². The molecule has 0 bridgehead atoms. The van der Waals surface area contributed by atoms with E-state index in [9.17, 15) is 18.0 Å². The normalized spacial score (nSPS) is 19.4. The maximum absolute atomic E-state index is 13.1. The van der Waals surface area contributed by atoms with E-state index < -0.39 is 16.1 Å². The van der Waals surface area contributed by atoms with E-state index in [0.29, 0.717) is 29.5 Å². The van der Waals surface area contributed by atoms with Gasteiger partial charge in [0.2, 0.25) is 15.9 Å². The van der Waals surface area contributed by atoms with Gasteiger partial charge in [0, 0.05) is 31.2 Å². The summed E-state index contributed by atoms with van der Waals surface area (Å²) in [5.41, 5.74) is 1.19. The zero-order chi connectivity index (χ0) is 22.2. The first-order valence-electron chi connectivity index (χ1n) is 9.88. The molecule has 1 atom stereocenters. The van der Waals surface area contributed by atoms with E-state index in [4.69, 9.17) is 16.3 Å². The Kier molecular flexibility index (Phi) is 5.92. The van der Waals surface area contributed by atoms with Gasteiger partial charge in [-0.3, -0.25) is 9.59 Å². The van der Waals surface area contributed by atoms with E-state index in [1.54, 1.807) is 42.2 Å². The van der Waals surface area contributed by atoms with Crippen molar-refractivity contribution in [3.05, 3.63) is 53.1 Å². The molecule has 2 aliphatic heterocycles. The number of rotatable bonds is 4. The number of carbonyl (C=O) groups excluding carboxylic acids is 2. The molecule has 0 saturated carbocycles. The Morgan fingerprint density at radius 1 is 1.13 bits per heavy atom. The van der Waals surface area contributed by atoms with E-state index in [2.05, 4.69) is 5.32 Å². The number of ether oxygens (including phenoxy) is 1. The SMILES string of the molecule is C[C@@H]1Oc2ccc(S(=O)(=O)N3CCN(C(=O)Cc4ccc(Cl)cc4)CC3)cc2NC1=O. The van der Waals surface area contributed by atoms with Gasteiger partial charge in [-0.2, -0.15) is 4.31 Å². The third kappa shape index (κ3) is 4.53. The highest BCUT2D eigenvalue weighted by Gasteiger charge is 2.32. The smallest absolute Gasteiger partial charge is 0.265 e. The monoisotopic (exact) mass is 463 g/mol. The lowest BCUT2D eigenvalue weighted by Crippen LogP contribution is -2.50. The van der Waals surface area contributed by atoms with Gasteiger partial charge in [0.05, 0.1) is 17.0 Å². The van der Waals surface area contributed by atoms with E-state index >= 15 is 0 Å². The number of hydrogen-bond donors (Lipinski definition) is 1. The van der Waals surface area contributed by atoms with Crippen LogP contribution in [0.2, 0.25) is 5.02 Å². The van der Waals surface area contributed by atoms with Crippen LogP contribution in [0.5, 0.6) is 5.75 Å². The number of nitrogens with one attached hydrogen (secondary N) is 1. The molecule has 2 heterocycles. The Bertz CT molecular complexity index is 1110. The van der Waals surface area contributed by atoms with Crippen molar-refractivity contribution in [2.45, 2.75) is 24.3 Å². The van der Waals surface area contributed by atoms with Crippen LogP contribution in [0.1, 0.15) is 12.5 Å². The molecule has 10 heteroatoms. The third-order valence-electron chi connectivity index (χ3n) is 5.38. The minimum atomic E-state index is -3.77. The first-order chi connectivity index (χ1) is 14.7. The molecular weight excluding hydrogens is 442 g/mol. The number of benzene rings is 2. The van der Waals surface area contributed by atoms with Gasteiger partial charge in [0.15, 0.2) is 6.10 Å². The minimum Gasteiger partial charge on any atom is -0.479 e. The highest BCUT2D eigenvalue weighted by Crippen LogP contribution is 2.33. The summed E-state index contributed by atoms with van der Waals surface area (Å²) in [6, 6.07) is 11.5. The third-order valence-corrected chi connectivity index (χ3v) is 7.53. The molecule has 0 spiro atoms. The van der Waals surface area contributed by atoms with Gasteiger partial charge in [0.25, 0.3) is 5.91 Å².